The summed E-state index contributed by atoms with van der Waals surface area (Å²) < 4.78 is 0. The SMILES string of the molecule is CC.CNC(C)C(C)=O. The average molecular weight is 131 g/mol. The Labute approximate surface area is 57.6 Å². The van der Waals surface area contributed by atoms with E-state index in [1.165, 1.54) is 0 Å². The fourth-order valence-electron chi connectivity index (χ4n) is 0.203. The van der Waals surface area contributed by atoms with Gasteiger partial charge in [-0.2, -0.15) is 0 Å². The predicted molar refractivity (Wildman–Crippen MR) is 40.6 cm³/mol. The third kappa shape index (κ3) is 7.63. The van der Waals surface area contributed by atoms with Gasteiger partial charge in [-0.05, 0) is 20.9 Å². The van der Waals surface area contributed by atoms with Crippen LogP contribution in [0.1, 0.15) is 27.7 Å². The van der Waals surface area contributed by atoms with Crippen LogP contribution < -0.4 is 5.32 Å². The highest BCUT2D eigenvalue weighted by Gasteiger charge is 2.00. The molecule has 2 heteroatoms. The summed E-state index contributed by atoms with van der Waals surface area (Å²) in [6.45, 7) is 7.41. The van der Waals surface area contributed by atoms with Crippen molar-refractivity contribution in [2.45, 2.75) is 33.7 Å². The van der Waals surface area contributed by atoms with Crippen LogP contribution in [0.25, 0.3) is 0 Å². The van der Waals surface area contributed by atoms with Crippen LogP contribution in [0.3, 0.4) is 0 Å². The van der Waals surface area contributed by atoms with E-state index in [0.29, 0.717) is 0 Å². The van der Waals surface area contributed by atoms with E-state index in [1.54, 1.807) is 14.0 Å². The molecule has 2 nitrogen and oxygen atoms in total. The molecule has 0 spiro atoms. The van der Waals surface area contributed by atoms with E-state index in [2.05, 4.69) is 5.32 Å². The van der Waals surface area contributed by atoms with Gasteiger partial charge in [0, 0.05) is 0 Å². The van der Waals surface area contributed by atoms with Crippen LogP contribution in [-0.2, 0) is 4.79 Å². The van der Waals surface area contributed by atoms with E-state index in [1.807, 2.05) is 20.8 Å². The summed E-state index contributed by atoms with van der Waals surface area (Å²) in [6.07, 6.45) is 0. The molecule has 0 heterocycles. The van der Waals surface area contributed by atoms with Crippen LogP contribution in [0, 0.1) is 0 Å². The van der Waals surface area contributed by atoms with E-state index in [4.69, 9.17) is 0 Å². The first-order valence-electron chi connectivity index (χ1n) is 3.36. The van der Waals surface area contributed by atoms with Crippen molar-refractivity contribution in [2.75, 3.05) is 7.05 Å². The summed E-state index contributed by atoms with van der Waals surface area (Å²) in [5.74, 6) is 0.183. The van der Waals surface area contributed by atoms with Crippen molar-refractivity contribution in [3.8, 4) is 0 Å². The highest BCUT2D eigenvalue weighted by atomic mass is 16.1. The molecule has 0 rings (SSSR count). The number of carbonyl (C=O) groups excluding carboxylic acids is 1. The third-order valence-electron chi connectivity index (χ3n) is 1.04. The molecular formula is C7H17NO. The number of carbonyl (C=O) groups is 1. The molecule has 9 heavy (non-hydrogen) atoms. The maximum Gasteiger partial charge on any atom is 0.146 e. The lowest BCUT2D eigenvalue weighted by molar-refractivity contribution is -0.118. The lowest BCUT2D eigenvalue weighted by Crippen LogP contribution is -2.28. The smallest absolute Gasteiger partial charge is 0.146 e. The Morgan fingerprint density at radius 2 is 1.78 bits per heavy atom. The molecule has 1 unspecified atom stereocenters. The van der Waals surface area contributed by atoms with Crippen LogP contribution in [0.4, 0.5) is 0 Å². The van der Waals surface area contributed by atoms with Gasteiger partial charge >= 0.3 is 0 Å². The predicted octanol–water partition coefficient (Wildman–Crippen LogP) is 1.21. The molecule has 0 aliphatic heterocycles. The van der Waals surface area contributed by atoms with E-state index in [-0.39, 0.29) is 11.8 Å². The second kappa shape index (κ2) is 7.63. The molecule has 0 saturated carbocycles. The molecule has 1 atom stereocenters. The molecule has 0 saturated heterocycles. The first-order valence-corrected chi connectivity index (χ1v) is 3.36. The van der Waals surface area contributed by atoms with Crippen LogP contribution in [0.5, 0.6) is 0 Å². The number of hydrogen-bond donors (Lipinski definition) is 1. The molecule has 0 aliphatic carbocycles. The molecule has 0 amide bonds. The van der Waals surface area contributed by atoms with Gasteiger partial charge in [0.05, 0.1) is 6.04 Å². The van der Waals surface area contributed by atoms with E-state index in [9.17, 15) is 4.79 Å². The van der Waals surface area contributed by atoms with Crippen molar-refractivity contribution in [3.05, 3.63) is 0 Å². The Balaban J connectivity index is 0. The van der Waals surface area contributed by atoms with Crippen LogP contribution in [0.15, 0.2) is 0 Å². The largest absolute Gasteiger partial charge is 0.311 e. The molecule has 0 radical (unpaired) electrons. The third-order valence-corrected chi connectivity index (χ3v) is 1.04. The van der Waals surface area contributed by atoms with Crippen LogP contribution >= 0.6 is 0 Å². The van der Waals surface area contributed by atoms with Gasteiger partial charge in [-0.3, -0.25) is 4.79 Å². The average Bonchev–Trinajstić information content (AvgIpc) is 1.91. The molecule has 0 aromatic carbocycles. The molecule has 0 fully saturated rings. The zero-order chi connectivity index (χ0) is 7.86. The minimum Gasteiger partial charge on any atom is -0.311 e. The van der Waals surface area contributed by atoms with Gasteiger partial charge in [0.1, 0.15) is 5.78 Å². The maximum atomic E-state index is 10.3. The number of ketones is 1. The molecular weight excluding hydrogens is 114 g/mol. The summed E-state index contributed by atoms with van der Waals surface area (Å²) in [5, 5.41) is 2.81. The standard InChI is InChI=1S/C5H11NO.C2H6/c1-4(6-3)5(2)7;1-2/h4,6H,1-3H3;1-2H3. The minimum atomic E-state index is 0.0139. The van der Waals surface area contributed by atoms with Gasteiger partial charge in [0.25, 0.3) is 0 Å². The van der Waals surface area contributed by atoms with Gasteiger partial charge in [-0.1, -0.05) is 13.8 Å². The Morgan fingerprint density at radius 3 is 1.78 bits per heavy atom. The van der Waals surface area contributed by atoms with E-state index in [0.717, 1.165) is 0 Å². The quantitative estimate of drug-likeness (QED) is 0.610. The summed E-state index contributed by atoms with van der Waals surface area (Å²) in [6, 6.07) is 0.0139. The minimum absolute atomic E-state index is 0.0139. The lowest BCUT2D eigenvalue weighted by atomic mass is 10.2. The topological polar surface area (TPSA) is 29.1 Å². The number of rotatable bonds is 2. The number of nitrogens with one attached hydrogen (secondary N) is 1. The van der Waals surface area contributed by atoms with Crippen molar-refractivity contribution >= 4 is 5.78 Å². The summed E-state index contributed by atoms with van der Waals surface area (Å²) in [7, 11) is 1.77. The van der Waals surface area contributed by atoms with Crippen molar-refractivity contribution < 1.29 is 4.79 Å². The maximum absolute atomic E-state index is 10.3. The molecule has 0 aromatic heterocycles. The van der Waals surface area contributed by atoms with Crippen LogP contribution in [0.2, 0.25) is 0 Å². The van der Waals surface area contributed by atoms with Crippen molar-refractivity contribution in [2.24, 2.45) is 0 Å². The highest BCUT2D eigenvalue weighted by molar-refractivity contribution is 5.80. The number of likely N-dealkylation sites (N-methyl/N-ethyl adjacent to an activating group) is 1. The van der Waals surface area contributed by atoms with Gasteiger partial charge in [-0.15, -0.1) is 0 Å². The van der Waals surface area contributed by atoms with Crippen molar-refractivity contribution in [1.82, 2.24) is 5.32 Å². The summed E-state index contributed by atoms with van der Waals surface area (Å²) in [4.78, 5) is 10.3. The van der Waals surface area contributed by atoms with Crippen molar-refractivity contribution in [3.63, 3.8) is 0 Å². The fourth-order valence-corrected chi connectivity index (χ4v) is 0.203. The second-order valence-electron chi connectivity index (χ2n) is 1.62. The summed E-state index contributed by atoms with van der Waals surface area (Å²) >= 11 is 0. The molecule has 0 aliphatic rings. The second-order valence-corrected chi connectivity index (χ2v) is 1.62. The van der Waals surface area contributed by atoms with E-state index < -0.39 is 0 Å². The van der Waals surface area contributed by atoms with Gasteiger partial charge in [-0.25, -0.2) is 0 Å². The zero-order valence-electron chi connectivity index (χ0n) is 6.99. The molecule has 1 N–H and O–H groups in total. The number of Topliss-reactive ketones (excluding diaryl/α,β-unsaturated/α-hetero) is 1. The molecule has 0 aromatic rings. The van der Waals surface area contributed by atoms with Crippen molar-refractivity contribution in [1.29, 1.82) is 0 Å². The normalized spacial score (nSPS) is 11.2. The van der Waals surface area contributed by atoms with Gasteiger partial charge in [0.2, 0.25) is 0 Å². The Hall–Kier alpha value is -0.370. The molecule has 0 bridgehead atoms. The number of hydrogen-bond acceptors (Lipinski definition) is 2. The van der Waals surface area contributed by atoms with Gasteiger partial charge < -0.3 is 5.32 Å². The zero-order valence-corrected chi connectivity index (χ0v) is 6.99. The highest BCUT2D eigenvalue weighted by Crippen LogP contribution is 1.77. The van der Waals surface area contributed by atoms with Gasteiger partial charge in [0.15, 0.2) is 0 Å². The lowest BCUT2D eigenvalue weighted by Gasteiger charge is -2.01. The first kappa shape index (κ1) is 11.4. The Kier molecular flexibility index (Phi) is 9.69. The first-order chi connectivity index (χ1) is 4.18. The molecule has 56 valence electrons. The summed E-state index contributed by atoms with van der Waals surface area (Å²) in [5.41, 5.74) is 0. The monoisotopic (exact) mass is 131 g/mol. The van der Waals surface area contributed by atoms with E-state index >= 15 is 0 Å². The Bertz CT molecular complexity index is 71.3. The fraction of sp³-hybridized carbons (Fsp3) is 0.857. The Morgan fingerprint density at radius 1 is 1.44 bits per heavy atom. The van der Waals surface area contributed by atoms with Crippen LogP contribution in [-0.4, -0.2) is 18.9 Å².